The highest BCUT2D eigenvalue weighted by Gasteiger charge is 2.29. The van der Waals surface area contributed by atoms with Gasteiger partial charge in [0, 0.05) is 37.9 Å². The fourth-order valence-electron chi connectivity index (χ4n) is 3.61. The molecule has 3 rings (SSSR count). The molecular formula is C17H28N4. The van der Waals surface area contributed by atoms with Crippen molar-refractivity contribution in [2.24, 2.45) is 0 Å². The lowest BCUT2D eigenvalue weighted by molar-refractivity contribution is 0.273. The van der Waals surface area contributed by atoms with Gasteiger partial charge in [-0.15, -0.1) is 0 Å². The minimum atomic E-state index is 0.746. The predicted molar refractivity (Wildman–Crippen MR) is 87.8 cm³/mol. The molecule has 0 aliphatic carbocycles. The second-order valence-corrected chi connectivity index (χ2v) is 6.33. The maximum atomic E-state index is 4.87. The fourth-order valence-corrected chi connectivity index (χ4v) is 3.61. The summed E-state index contributed by atoms with van der Waals surface area (Å²) in [7, 11) is 0. The van der Waals surface area contributed by atoms with E-state index >= 15 is 0 Å². The van der Waals surface area contributed by atoms with E-state index in [4.69, 9.17) is 4.98 Å². The minimum absolute atomic E-state index is 0.746. The molecule has 1 N–H and O–H groups in total. The van der Waals surface area contributed by atoms with Gasteiger partial charge in [-0.3, -0.25) is 4.90 Å². The summed E-state index contributed by atoms with van der Waals surface area (Å²) in [5.41, 5.74) is 2.49. The molecule has 1 aromatic rings. The summed E-state index contributed by atoms with van der Waals surface area (Å²) in [6, 6.07) is 5.21. The SMILES string of the molecule is CCNCc1ccc(N2CCCN3CCCC3C2)nc1C. The number of hydrogen-bond acceptors (Lipinski definition) is 4. The van der Waals surface area contributed by atoms with Crippen LogP contribution in [0.25, 0.3) is 0 Å². The Labute approximate surface area is 128 Å². The van der Waals surface area contributed by atoms with Gasteiger partial charge in [-0.05, 0) is 50.9 Å². The Morgan fingerprint density at radius 1 is 1.24 bits per heavy atom. The highest BCUT2D eigenvalue weighted by molar-refractivity contribution is 5.42. The summed E-state index contributed by atoms with van der Waals surface area (Å²) in [6.07, 6.45) is 3.98. The molecule has 1 aromatic heterocycles. The van der Waals surface area contributed by atoms with Crippen LogP contribution in [0.2, 0.25) is 0 Å². The summed E-state index contributed by atoms with van der Waals surface area (Å²) in [5, 5.41) is 3.38. The lowest BCUT2D eigenvalue weighted by Gasteiger charge is -2.27. The highest BCUT2D eigenvalue weighted by Crippen LogP contribution is 2.24. The number of anilines is 1. The van der Waals surface area contributed by atoms with Crippen LogP contribution in [0.15, 0.2) is 12.1 Å². The lowest BCUT2D eigenvalue weighted by atomic mass is 10.2. The second-order valence-electron chi connectivity index (χ2n) is 6.33. The zero-order valence-electron chi connectivity index (χ0n) is 13.4. The monoisotopic (exact) mass is 288 g/mol. The van der Waals surface area contributed by atoms with E-state index in [1.165, 1.54) is 49.4 Å². The Balaban J connectivity index is 1.72. The van der Waals surface area contributed by atoms with Crippen LogP contribution in [0.1, 0.15) is 37.4 Å². The second kappa shape index (κ2) is 6.75. The first kappa shape index (κ1) is 14.8. The number of hydrogen-bond donors (Lipinski definition) is 1. The number of pyridine rings is 1. The smallest absolute Gasteiger partial charge is 0.128 e. The third kappa shape index (κ3) is 3.38. The van der Waals surface area contributed by atoms with Gasteiger partial charge in [-0.2, -0.15) is 0 Å². The summed E-state index contributed by atoms with van der Waals surface area (Å²) >= 11 is 0. The Bertz CT molecular complexity index is 474. The predicted octanol–water partition coefficient (Wildman–Crippen LogP) is 2.17. The summed E-state index contributed by atoms with van der Waals surface area (Å²) in [6.45, 7) is 11.1. The van der Waals surface area contributed by atoms with Gasteiger partial charge in [0.15, 0.2) is 0 Å². The first-order valence-electron chi connectivity index (χ1n) is 8.44. The number of nitrogens with zero attached hydrogens (tertiary/aromatic N) is 3. The number of aromatic nitrogens is 1. The molecule has 4 nitrogen and oxygen atoms in total. The molecule has 2 aliphatic rings. The Kier molecular flexibility index (Phi) is 4.76. The van der Waals surface area contributed by atoms with Gasteiger partial charge < -0.3 is 10.2 Å². The molecule has 0 amide bonds. The van der Waals surface area contributed by atoms with E-state index in [1.54, 1.807) is 0 Å². The van der Waals surface area contributed by atoms with Crippen molar-refractivity contribution in [1.82, 2.24) is 15.2 Å². The molecule has 2 aliphatic heterocycles. The van der Waals surface area contributed by atoms with Gasteiger partial charge in [-0.1, -0.05) is 13.0 Å². The van der Waals surface area contributed by atoms with E-state index in [0.29, 0.717) is 0 Å². The number of aryl methyl sites for hydroxylation is 1. The van der Waals surface area contributed by atoms with Gasteiger partial charge in [0.1, 0.15) is 5.82 Å². The van der Waals surface area contributed by atoms with Crippen LogP contribution in [0.5, 0.6) is 0 Å². The summed E-state index contributed by atoms with van der Waals surface area (Å²) < 4.78 is 0. The van der Waals surface area contributed by atoms with Gasteiger partial charge in [0.25, 0.3) is 0 Å². The van der Waals surface area contributed by atoms with Crippen molar-refractivity contribution < 1.29 is 0 Å². The van der Waals surface area contributed by atoms with E-state index < -0.39 is 0 Å². The number of fused-ring (bicyclic) bond motifs is 1. The fraction of sp³-hybridized carbons (Fsp3) is 0.706. The Morgan fingerprint density at radius 3 is 2.90 bits per heavy atom. The van der Waals surface area contributed by atoms with Crippen molar-refractivity contribution in [3.8, 4) is 0 Å². The average Bonchev–Trinajstić information content (AvgIpc) is 2.83. The third-order valence-electron chi connectivity index (χ3n) is 4.87. The molecule has 0 saturated carbocycles. The van der Waals surface area contributed by atoms with Crippen molar-refractivity contribution in [1.29, 1.82) is 0 Å². The molecule has 4 heteroatoms. The molecule has 1 atom stereocenters. The van der Waals surface area contributed by atoms with E-state index in [-0.39, 0.29) is 0 Å². The molecule has 2 fully saturated rings. The zero-order valence-corrected chi connectivity index (χ0v) is 13.4. The quantitative estimate of drug-likeness (QED) is 0.920. The van der Waals surface area contributed by atoms with Gasteiger partial charge in [-0.25, -0.2) is 4.98 Å². The molecule has 2 saturated heterocycles. The first-order chi connectivity index (χ1) is 10.3. The third-order valence-corrected chi connectivity index (χ3v) is 4.87. The van der Waals surface area contributed by atoms with Crippen LogP contribution in [0, 0.1) is 6.92 Å². The topological polar surface area (TPSA) is 31.4 Å². The van der Waals surface area contributed by atoms with Crippen molar-refractivity contribution in [3.05, 3.63) is 23.4 Å². The zero-order chi connectivity index (χ0) is 14.7. The Hall–Kier alpha value is -1.13. The minimum Gasteiger partial charge on any atom is -0.355 e. The van der Waals surface area contributed by atoms with Gasteiger partial charge in [0.05, 0.1) is 0 Å². The lowest BCUT2D eigenvalue weighted by Crippen LogP contribution is -2.37. The Morgan fingerprint density at radius 2 is 2.10 bits per heavy atom. The molecule has 116 valence electrons. The normalized spacial score (nSPS) is 23.1. The van der Waals surface area contributed by atoms with Gasteiger partial charge >= 0.3 is 0 Å². The van der Waals surface area contributed by atoms with Crippen LogP contribution in [0.4, 0.5) is 5.82 Å². The van der Waals surface area contributed by atoms with Crippen LogP contribution < -0.4 is 10.2 Å². The molecule has 21 heavy (non-hydrogen) atoms. The van der Waals surface area contributed by atoms with Crippen LogP contribution >= 0.6 is 0 Å². The highest BCUT2D eigenvalue weighted by atomic mass is 15.3. The van der Waals surface area contributed by atoms with Crippen LogP contribution in [-0.2, 0) is 6.54 Å². The molecule has 0 radical (unpaired) electrons. The van der Waals surface area contributed by atoms with Crippen molar-refractivity contribution in [2.75, 3.05) is 37.6 Å². The van der Waals surface area contributed by atoms with E-state index in [1.807, 2.05) is 0 Å². The van der Waals surface area contributed by atoms with Crippen molar-refractivity contribution in [3.63, 3.8) is 0 Å². The maximum absolute atomic E-state index is 4.87. The average molecular weight is 288 g/mol. The van der Waals surface area contributed by atoms with E-state index in [9.17, 15) is 0 Å². The largest absolute Gasteiger partial charge is 0.355 e. The summed E-state index contributed by atoms with van der Waals surface area (Å²) in [5.74, 6) is 1.17. The molecular weight excluding hydrogens is 260 g/mol. The number of rotatable bonds is 4. The van der Waals surface area contributed by atoms with Crippen molar-refractivity contribution >= 4 is 5.82 Å². The summed E-state index contributed by atoms with van der Waals surface area (Å²) in [4.78, 5) is 10.0. The van der Waals surface area contributed by atoms with Crippen LogP contribution in [-0.4, -0.2) is 48.6 Å². The van der Waals surface area contributed by atoms with E-state index in [0.717, 1.165) is 32.2 Å². The first-order valence-corrected chi connectivity index (χ1v) is 8.44. The molecule has 0 aromatic carbocycles. The van der Waals surface area contributed by atoms with E-state index in [2.05, 4.69) is 41.1 Å². The van der Waals surface area contributed by atoms with Gasteiger partial charge in [0.2, 0.25) is 0 Å². The number of nitrogens with one attached hydrogen (secondary N) is 1. The molecule has 1 unspecified atom stereocenters. The van der Waals surface area contributed by atoms with Crippen molar-refractivity contribution in [2.45, 2.75) is 45.7 Å². The molecule has 0 bridgehead atoms. The van der Waals surface area contributed by atoms with Crippen LogP contribution in [0.3, 0.4) is 0 Å². The standard InChI is InChI=1S/C17H28N4/c1-3-18-12-15-7-8-17(19-14(15)2)21-11-5-10-20-9-4-6-16(20)13-21/h7-8,16,18H,3-6,9-13H2,1-2H3. The maximum Gasteiger partial charge on any atom is 0.128 e. The molecule has 0 spiro atoms. The molecule has 3 heterocycles.